The van der Waals surface area contributed by atoms with E-state index in [0.717, 1.165) is 11.9 Å². The number of carbonyl (C=O) groups is 2. The third-order valence-electron chi connectivity index (χ3n) is 6.35. The summed E-state index contributed by atoms with van der Waals surface area (Å²) in [5, 5.41) is 11.7. The molecule has 0 spiro atoms. The maximum atomic E-state index is 13.7. The smallest absolute Gasteiger partial charge is 0.290 e. The number of furan rings is 1. The zero-order valence-corrected chi connectivity index (χ0v) is 20.8. The van der Waals surface area contributed by atoms with Crippen molar-refractivity contribution in [2.24, 2.45) is 0 Å². The highest BCUT2D eigenvalue weighted by Crippen LogP contribution is 2.41. The minimum atomic E-state index is -0.783. The summed E-state index contributed by atoms with van der Waals surface area (Å²) in [5.74, 6) is -0.329. The Hall–Kier alpha value is -4.36. The van der Waals surface area contributed by atoms with Crippen LogP contribution in [0.3, 0.4) is 0 Å². The monoisotopic (exact) mass is 496 g/mol. The van der Waals surface area contributed by atoms with Gasteiger partial charge in [-0.1, -0.05) is 48.5 Å². The standard InChI is InChI=1S/C30H28N2O5/c1-31(2)16-9-17-32-27(21-11-8-14-23(18-21)36-22-12-4-3-5-13-22)26(29(34)30(32)35)28(33)25-19-20-10-6-7-15-24(20)37-25/h3-8,10-15,18-19,27,34H,9,16-17H2,1-2H3/t27-/m0/s1. The topological polar surface area (TPSA) is 83.2 Å². The molecule has 37 heavy (non-hydrogen) atoms. The molecule has 0 saturated heterocycles. The SMILES string of the molecule is CN(C)CCCN1C(=O)C(O)=C(C(=O)c2cc3ccccc3o2)[C@@H]1c1cccc(Oc2ccccc2)c1. The number of aliphatic hydroxyl groups is 1. The van der Waals surface area contributed by atoms with Crippen molar-refractivity contribution < 1.29 is 23.8 Å². The average molecular weight is 497 g/mol. The van der Waals surface area contributed by atoms with Crippen LogP contribution in [-0.4, -0.2) is 53.8 Å². The molecule has 1 amide bonds. The molecule has 2 heterocycles. The minimum absolute atomic E-state index is 0.00534. The number of amides is 1. The van der Waals surface area contributed by atoms with Gasteiger partial charge in [0.1, 0.15) is 17.1 Å². The molecule has 188 valence electrons. The highest BCUT2D eigenvalue weighted by molar-refractivity contribution is 6.16. The minimum Gasteiger partial charge on any atom is -0.503 e. The summed E-state index contributed by atoms with van der Waals surface area (Å²) in [5.41, 5.74) is 1.23. The number of carbonyl (C=O) groups excluding carboxylic acids is 2. The van der Waals surface area contributed by atoms with Crippen LogP contribution in [0.25, 0.3) is 11.0 Å². The fourth-order valence-electron chi connectivity index (χ4n) is 4.62. The maximum Gasteiger partial charge on any atom is 0.290 e. The van der Waals surface area contributed by atoms with Crippen molar-refractivity contribution in [1.82, 2.24) is 9.80 Å². The third-order valence-corrected chi connectivity index (χ3v) is 6.35. The molecule has 5 rings (SSSR count). The number of fused-ring (bicyclic) bond motifs is 1. The van der Waals surface area contributed by atoms with Crippen molar-refractivity contribution in [3.05, 3.63) is 108 Å². The molecule has 0 aliphatic carbocycles. The number of nitrogens with zero attached hydrogens (tertiary/aromatic N) is 2. The van der Waals surface area contributed by atoms with Gasteiger partial charge in [0.05, 0.1) is 11.6 Å². The van der Waals surface area contributed by atoms with E-state index in [2.05, 4.69) is 0 Å². The molecule has 0 bridgehead atoms. The van der Waals surface area contributed by atoms with Gasteiger partial charge in [-0.25, -0.2) is 0 Å². The number of para-hydroxylation sites is 2. The number of aliphatic hydroxyl groups excluding tert-OH is 1. The van der Waals surface area contributed by atoms with E-state index < -0.39 is 23.5 Å². The van der Waals surface area contributed by atoms with Crippen LogP contribution in [0.5, 0.6) is 11.5 Å². The van der Waals surface area contributed by atoms with Crippen LogP contribution < -0.4 is 4.74 Å². The van der Waals surface area contributed by atoms with Crippen LogP contribution in [0, 0.1) is 0 Å². The molecule has 1 aliphatic heterocycles. The number of benzene rings is 3. The number of hydrogen-bond donors (Lipinski definition) is 1. The molecule has 1 N–H and O–H groups in total. The Morgan fingerprint density at radius 1 is 0.973 bits per heavy atom. The fourth-order valence-corrected chi connectivity index (χ4v) is 4.62. The quantitative estimate of drug-likeness (QED) is 0.297. The highest BCUT2D eigenvalue weighted by Gasteiger charge is 2.44. The Morgan fingerprint density at radius 2 is 1.70 bits per heavy atom. The summed E-state index contributed by atoms with van der Waals surface area (Å²) in [6, 6.07) is 24.8. The van der Waals surface area contributed by atoms with E-state index in [9.17, 15) is 14.7 Å². The number of hydrogen-bond acceptors (Lipinski definition) is 6. The highest BCUT2D eigenvalue weighted by atomic mass is 16.5. The molecular formula is C30H28N2O5. The van der Waals surface area contributed by atoms with Crippen molar-refractivity contribution in [2.75, 3.05) is 27.2 Å². The molecule has 1 aromatic heterocycles. The van der Waals surface area contributed by atoms with Crippen LogP contribution in [-0.2, 0) is 4.79 Å². The summed E-state index contributed by atoms with van der Waals surface area (Å²) in [7, 11) is 3.92. The summed E-state index contributed by atoms with van der Waals surface area (Å²) >= 11 is 0. The molecule has 7 nitrogen and oxygen atoms in total. The molecule has 7 heteroatoms. The van der Waals surface area contributed by atoms with Crippen LogP contribution >= 0.6 is 0 Å². The first-order valence-electron chi connectivity index (χ1n) is 12.2. The zero-order valence-electron chi connectivity index (χ0n) is 20.8. The molecule has 1 aliphatic rings. The van der Waals surface area contributed by atoms with Crippen LogP contribution in [0.1, 0.15) is 28.6 Å². The fraction of sp³-hybridized carbons (Fsp3) is 0.200. The lowest BCUT2D eigenvalue weighted by molar-refractivity contribution is -0.129. The van der Waals surface area contributed by atoms with Gasteiger partial charge in [-0.15, -0.1) is 0 Å². The van der Waals surface area contributed by atoms with Gasteiger partial charge in [0.2, 0.25) is 5.78 Å². The number of ketones is 1. The van der Waals surface area contributed by atoms with Gasteiger partial charge in [-0.2, -0.15) is 0 Å². The lowest BCUT2D eigenvalue weighted by Gasteiger charge is -2.27. The second-order valence-corrected chi connectivity index (χ2v) is 9.29. The van der Waals surface area contributed by atoms with Gasteiger partial charge in [0, 0.05) is 11.9 Å². The normalized spacial score (nSPS) is 15.7. The summed E-state index contributed by atoms with van der Waals surface area (Å²) in [6.45, 7) is 1.12. The van der Waals surface area contributed by atoms with E-state index in [4.69, 9.17) is 9.15 Å². The molecule has 0 unspecified atom stereocenters. The van der Waals surface area contributed by atoms with E-state index in [1.165, 1.54) is 0 Å². The molecule has 3 aromatic carbocycles. The predicted molar refractivity (Wildman–Crippen MR) is 141 cm³/mol. The number of rotatable bonds is 9. The van der Waals surface area contributed by atoms with Gasteiger partial charge >= 0.3 is 0 Å². The Kier molecular flexibility index (Phi) is 6.79. The van der Waals surface area contributed by atoms with E-state index in [-0.39, 0.29) is 11.3 Å². The van der Waals surface area contributed by atoms with Crippen molar-refractivity contribution in [1.29, 1.82) is 0 Å². The van der Waals surface area contributed by atoms with Crippen LogP contribution in [0.4, 0.5) is 0 Å². The Morgan fingerprint density at radius 3 is 2.46 bits per heavy atom. The first-order valence-corrected chi connectivity index (χ1v) is 12.2. The van der Waals surface area contributed by atoms with Gasteiger partial charge in [0.15, 0.2) is 11.5 Å². The molecule has 4 aromatic rings. The molecule has 0 radical (unpaired) electrons. The molecule has 0 fully saturated rings. The average Bonchev–Trinajstić information content (AvgIpc) is 3.44. The van der Waals surface area contributed by atoms with Gasteiger partial charge in [-0.3, -0.25) is 9.59 Å². The summed E-state index contributed by atoms with van der Waals surface area (Å²) in [4.78, 5) is 30.6. The maximum absolute atomic E-state index is 13.7. The van der Waals surface area contributed by atoms with Crippen molar-refractivity contribution in [3.8, 4) is 11.5 Å². The second kappa shape index (κ2) is 10.3. The van der Waals surface area contributed by atoms with Crippen molar-refractivity contribution >= 4 is 22.7 Å². The lowest BCUT2D eigenvalue weighted by Crippen LogP contribution is -2.33. The lowest BCUT2D eigenvalue weighted by atomic mass is 9.94. The van der Waals surface area contributed by atoms with Gasteiger partial charge in [-0.05, 0) is 69.0 Å². The van der Waals surface area contributed by atoms with Gasteiger partial charge in [0.25, 0.3) is 5.91 Å². The summed E-state index contributed by atoms with van der Waals surface area (Å²) in [6.07, 6.45) is 0.675. The number of ether oxygens (including phenoxy) is 1. The van der Waals surface area contributed by atoms with E-state index in [1.54, 1.807) is 23.1 Å². The Bertz CT molecular complexity index is 1440. The van der Waals surface area contributed by atoms with E-state index in [1.807, 2.05) is 85.7 Å². The number of Topliss-reactive ketones (excluding diaryl/α,β-unsaturated/α-hetero) is 1. The summed E-state index contributed by atoms with van der Waals surface area (Å²) < 4.78 is 11.8. The van der Waals surface area contributed by atoms with E-state index >= 15 is 0 Å². The van der Waals surface area contributed by atoms with Crippen molar-refractivity contribution in [3.63, 3.8) is 0 Å². The Balaban J connectivity index is 1.53. The first-order chi connectivity index (χ1) is 17.9. The zero-order chi connectivity index (χ0) is 25.9. The van der Waals surface area contributed by atoms with Gasteiger partial charge < -0.3 is 24.1 Å². The first kappa shape index (κ1) is 24.3. The van der Waals surface area contributed by atoms with Crippen molar-refractivity contribution in [2.45, 2.75) is 12.5 Å². The molecular weight excluding hydrogens is 468 g/mol. The molecule has 1 atom stereocenters. The predicted octanol–water partition coefficient (Wildman–Crippen LogP) is 5.76. The van der Waals surface area contributed by atoms with E-state index in [0.29, 0.717) is 35.6 Å². The Labute approximate surface area is 215 Å². The van der Waals surface area contributed by atoms with Crippen LogP contribution in [0.15, 0.2) is 101 Å². The second-order valence-electron chi connectivity index (χ2n) is 9.29. The van der Waals surface area contributed by atoms with Crippen LogP contribution in [0.2, 0.25) is 0 Å². The molecule has 0 saturated carbocycles. The third kappa shape index (κ3) is 4.99. The largest absolute Gasteiger partial charge is 0.503 e.